The Balaban J connectivity index is 1.83. The second kappa shape index (κ2) is 6.39. The second-order valence-electron chi connectivity index (χ2n) is 3.86. The van der Waals surface area contributed by atoms with Crippen molar-refractivity contribution in [1.82, 2.24) is 0 Å². The van der Waals surface area contributed by atoms with Crippen LogP contribution in [0.25, 0.3) is 0 Å². The van der Waals surface area contributed by atoms with Gasteiger partial charge in [-0.25, -0.2) is 0 Å². The molecule has 0 bridgehead atoms. The molecule has 0 aliphatic carbocycles. The van der Waals surface area contributed by atoms with Crippen LogP contribution in [0.5, 0.6) is 0 Å². The zero-order chi connectivity index (χ0) is 12.1. The Hall–Kier alpha value is -0.561. The van der Waals surface area contributed by atoms with E-state index in [1.807, 2.05) is 0 Å². The molecule has 0 aromatic heterocycles. The summed E-state index contributed by atoms with van der Waals surface area (Å²) in [5.74, 6) is 0. The van der Waals surface area contributed by atoms with Crippen LogP contribution in [0.15, 0.2) is 48.5 Å². The third-order valence-electron chi connectivity index (χ3n) is 2.30. The fourth-order valence-corrected chi connectivity index (χ4v) is 4.81. The van der Waals surface area contributed by atoms with Crippen molar-refractivity contribution in [2.45, 2.75) is 13.8 Å². The van der Waals surface area contributed by atoms with Crippen molar-refractivity contribution in [3.8, 4) is 0 Å². The average molecular weight is 356 g/mol. The van der Waals surface area contributed by atoms with Crippen molar-refractivity contribution in [3.63, 3.8) is 0 Å². The summed E-state index contributed by atoms with van der Waals surface area (Å²) in [7, 11) is 0. The van der Waals surface area contributed by atoms with Crippen LogP contribution in [-0.2, 0) is 2.90 Å². The van der Waals surface area contributed by atoms with Gasteiger partial charge < -0.3 is 0 Å². The number of hydrogen-bond acceptors (Lipinski definition) is 1. The Labute approximate surface area is 116 Å². The summed E-state index contributed by atoms with van der Waals surface area (Å²) in [6.07, 6.45) is 0. The quantitative estimate of drug-likeness (QED) is 0.755. The van der Waals surface area contributed by atoms with Crippen LogP contribution in [0.2, 0.25) is 0 Å². The number of hydrogen-bond donors (Lipinski definition) is 0. The minimum atomic E-state index is 0.137. The summed E-state index contributed by atoms with van der Waals surface area (Å²) in [4.78, 5) is 0. The molecule has 0 saturated heterocycles. The van der Waals surface area contributed by atoms with E-state index in [2.05, 4.69) is 62.4 Å². The molecule has 17 heavy (non-hydrogen) atoms. The van der Waals surface area contributed by atoms with Gasteiger partial charge in [-0.15, -0.1) is 0 Å². The van der Waals surface area contributed by atoms with Crippen LogP contribution in [0, 0.1) is 13.8 Å². The fraction of sp³-hybridized carbons (Fsp3) is 0.143. The molecule has 0 unspecified atom stereocenters. The molecule has 0 fully saturated rings. The van der Waals surface area contributed by atoms with Gasteiger partial charge in [0.25, 0.3) is 0 Å². The van der Waals surface area contributed by atoms with Crippen molar-refractivity contribution in [2.24, 2.45) is 0 Å². The SMILES string of the molecule is Cc1ccc([Se]O[Se]c2ccc(C)cc2)cc1. The number of rotatable bonds is 4. The van der Waals surface area contributed by atoms with Gasteiger partial charge in [0.2, 0.25) is 0 Å². The fourth-order valence-electron chi connectivity index (χ4n) is 1.28. The molecular weight excluding hydrogens is 342 g/mol. The monoisotopic (exact) mass is 358 g/mol. The molecule has 0 saturated carbocycles. The van der Waals surface area contributed by atoms with E-state index >= 15 is 0 Å². The van der Waals surface area contributed by atoms with Gasteiger partial charge in [0.05, 0.1) is 0 Å². The molecule has 88 valence electrons. The molecule has 2 aromatic rings. The van der Waals surface area contributed by atoms with Crippen molar-refractivity contribution >= 4 is 39.5 Å². The Morgan fingerprint density at radius 1 is 0.647 bits per heavy atom. The molecule has 2 aromatic carbocycles. The number of aryl methyl sites for hydroxylation is 2. The van der Waals surface area contributed by atoms with Crippen LogP contribution in [0.1, 0.15) is 11.1 Å². The summed E-state index contributed by atoms with van der Waals surface area (Å²) >= 11 is 0.275. The molecule has 0 amide bonds. The normalized spacial score (nSPS) is 10.5. The van der Waals surface area contributed by atoms with Crippen molar-refractivity contribution in [3.05, 3.63) is 59.7 Å². The van der Waals surface area contributed by atoms with Crippen LogP contribution in [-0.4, -0.2) is 30.6 Å². The Bertz CT molecular complexity index is 417. The number of benzene rings is 2. The first-order valence-electron chi connectivity index (χ1n) is 5.38. The first kappa shape index (κ1) is 12.9. The van der Waals surface area contributed by atoms with Gasteiger partial charge in [-0.05, 0) is 0 Å². The van der Waals surface area contributed by atoms with Gasteiger partial charge >= 0.3 is 116 Å². The molecule has 0 aliphatic rings. The summed E-state index contributed by atoms with van der Waals surface area (Å²) in [5, 5.41) is 0. The summed E-state index contributed by atoms with van der Waals surface area (Å²) in [6.45, 7) is 4.21. The zero-order valence-corrected chi connectivity index (χ0v) is 13.3. The predicted molar refractivity (Wildman–Crippen MR) is 74.2 cm³/mol. The van der Waals surface area contributed by atoms with Crippen molar-refractivity contribution in [1.29, 1.82) is 0 Å². The topological polar surface area (TPSA) is 9.23 Å². The zero-order valence-electron chi connectivity index (χ0n) is 9.84. The first-order valence-corrected chi connectivity index (χ1v) is 8.50. The van der Waals surface area contributed by atoms with Gasteiger partial charge in [-0.3, -0.25) is 0 Å². The molecule has 0 radical (unpaired) electrons. The van der Waals surface area contributed by atoms with E-state index in [-0.39, 0.29) is 30.6 Å². The van der Waals surface area contributed by atoms with Gasteiger partial charge in [-0.2, -0.15) is 0 Å². The molecular formula is C14H14OSe2. The molecule has 0 atom stereocenters. The molecule has 0 aliphatic heterocycles. The Morgan fingerprint density at radius 3 is 1.35 bits per heavy atom. The van der Waals surface area contributed by atoms with E-state index in [9.17, 15) is 0 Å². The molecule has 1 nitrogen and oxygen atoms in total. The van der Waals surface area contributed by atoms with Gasteiger partial charge in [0.1, 0.15) is 0 Å². The van der Waals surface area contributed by atoms with Crippen LogP contribution in [0.4, 0.5) is 0 Å². The maximum absolute atomic E-state index is 5.81. The molecule has 0 heterocycles. The summed E-state index contributed by atoms with van der Waals surface area (Å²) < 4.78 is 8.42. The van der Waals surface area contributed by atoms with E-state index in [1.165, 1.54) is 20.1 Å². The van der Waals surface area contributed by atoms with Crippen LogP contribution >= 0.6 is 0 Å². The van der Waals surface area contributed by atoms with E-state index in [4.69, 9.17) is 2.90 Å². The van der Waals surface area contributed by atoms with Gasteiger partial charge in [0, 0.05) is 0 Å². The van der Waals surface area contributed by atoms with Crippen LogP contribution < -0.4 is 8.92 Å². The van der Waals surface area contributed by atoms with Crippen LogP contribution in [0.3, 0.4) is 0 Å². The van der Waals surface area contributed by atoms with E-state index < -0.39 is 0 Å². The van der Waals surface area contributed by atoms with E-state index in [0.29, 0.717) is 0 Å². The van der Waals surface area contributed by atoms with Gasteiger partial charge in [0.15, 0.2) is 0 Å². The third kappa shape index (κ3) is 4.31. The van der Waals surface area contributed by atoms with Crippen molar-refractivity contribution < 1.29 is 2.90 Å². The minimum absolute atomic E-state index is 0.137. The van der Waals surface area contributed by atoms with Crippen molar-refractivity contribution in [2.75, 3.05) is 0 Å². The maximum atomic E-state index is 5.81. The second-order valence-corrected chi connectivity index (χ2v) is 8.31. The molecule has 2 rings (SSSR count). The first-order chi connectivity index (χ1) is 8.24. The summed E-state index contributed by atoms with van der Waals surface area (Å²) in [6, 6.07) is 17.2. The standard InChI is InChI=1S/C14H14OSe2/c1-11-3-7-13(8-4-11)16-15-17-14-9-5-12(2)6-10-14/h3-10H,1-2H3. The summed E-state index contributed by atoms with van der Waals surface area (Å²) in [5.41, 5.74) is 2.60. The Kier molecular flexibility index (Phi) is 4.85. The Morgan fingerprint density at radius 2 is 1.00 bits per heavy atom. The van der Waals surface area contributed by atoms with E-state index in [0.717, 1.165) is 0 Å². The molecule has 0 N–H and O–H groups in total. The average Bonchev–Trinajstić information content (AvgIpc) is 2.34. The molecule has 0 spiro atoms. The molecule has 3 heteroatoms. The predicted octanol–water partition coefficient (Wildman–Crippen LogP) is 1.51. The third-order valence-corrected chi connectivity index (χ3v) is 6.02. The van der Waals surface area contributed by atoms with Gasteiger partial charge in [-0.1, -0.05) is 0 Å². The van der Waals surface area contributed by atoms with E-state index in [1.54, 1.807) is 0 Å².